The Morgan fingerprint density at radius 2 is 2.06 bits per heavy atom. The van der Waals surface area contributed by atoms with E-state index in [-0.39, 0.29) is 35.2 Å². The standard InChI is InChI=1S/C26H35NO5/c1-14(28)27-19-9-8-18-16-6-5-11-26(18)22-17(12-16)15(7-10-21(30)32-25(2,3)4)13-20(29)23(22)31-24(19)26/h13,16,18-19,24,29H,5-12H2,1-4H3,(H,27,28)/t16-,18?,19+,24+,26+/m1/s1. The minimum Gasteiger partial charge on any atom is -0.504 e. The Bertz CT molecular complexity index is 964. The van der Waals surface area contributed by atoms with Gasteiger partial charge in [0.25, 0.3) is 0 Å². The largest absolute Gasteiger partial charge is 0.504 e. The molecular formula is C26H35NO5. The third-order valence-electron chi connectivity index (χ3n) is 8.10. The van der Waals surface area contributed by atoms with E-state index in [1.807, 2.05) is 20.8 Å². The lowest BCUT2D eigenvalue weighted by Gasteiger charge is -2.56. The number of phenols is 1. The quantitative estimate of drug-likeness (QED) is 0.692. The number of aromatic hydroxyl groups is 1. The van der Waals surface area contributed by atoms with Crippen molar-refractivity contribution >= 4 is 11.9 Å². The SMILES string of the molecule is CC(=O)N[C@H]1CCC2[C@@H]3CCC[C@@]24c2c(c(CCC(=O)OC(C)(C)C)cc(O)c2O[C@@H]14)C3. The fourth-order valence-corrected chi connectivity index (χ4v) is 7.30. The van der Waals surface area contributed by atoms with Gasteiger partial charge in [0.15, 0.2) is 11.5 Å². The number of benzene rings is 1. The summed E-state index contributed by atoms with van der Waals surface area (Å²) in [5.41, 5.74) is 2.85. The molecule has 6 nitrogen and oxygen atoms in total. The Labute approximate surface area is 190 Å². The fourth-order valence-electron chi connectivity index (χ4n) is 7.30. The van der Waals surface area contributed by atoms with E-state index in [4.69, 9.17) is 9.47 Å². The molecule has 1 spiro atoms. The molecule has 5 atom stereocenters. The molecule has 1 unspecified atom stereocenters. The molecule has 2 N–H and O–H groups in total. The molecule has 32 heavy (non-hydrogen) atoms. The number of rotatable bonds is 4. The van der Waals surface area contributed by atoms with Crippen LogP contribution < -0.4 is 10.1 Å². The monoisotopic (exact) mass is 441 g/mol. The highest BCUT2D eigenvalue weighted by atomic mass is 16.6. The minimum absolute atomic E-state index is 0.0323. The maximum atomic E-state index is 12.4. The van der Waals surface area contributed by atoms with Crippen LogP contribution in [-0.4, -0.2) is 34.7 Å². The molecule has 0 aromatic heterocycles. The number of amides is 1. The number of hydrogen-bond acceptors (Lipinski definition) is 5. The molecule has 4 aliphatic rings. The van der Waals surface area contributed by atoms with E-state index in [1.54, 1.807) is 13.0 Å². The van der Waals surface area contributed by atoms with Crippen LogP contribution in [0.25, 0.3) is 0 Å². The highest BCUT2D eigenvalue weighted by Gasteiger charge is 2.64. The predicted octanol–water partition coefficient (Wildman–Crippen LogP) is 3.94. The van der Waals surface area contributed by atoms with E-state index in [9.17, 15) is 14.7 Å². The van der Waals surface area contributed by atoms with Crippen molar-refractivity contribution < 1.29 is 24.2 Å². The van der Waals surface area contributed by atoms with Crippen LogP contribution in [0.3, 0.4) is 0 Å². The van der Waals surface area contributed by atoms with Crippen molar-refractivity contribution in [3.8, 4) is 11.5 Å². The maximum absolute atomic E-state index is 12.4. The van der Waals surface area contributed by atoms with Gasteiger partial charge < -0.3 is 19.9 Å². The molecule has 1 aliphatic heterocycles. The number of phenolic OH excluding ortho intramolecular Hbond substituents is 1. The lowest BCUT2D eigenvalue weighted by Crippen LogP contribution is -2.63. The van der Waals surface area contributed by atoms with Gasteiger partial charge in [-0.1, -0.05) is 6.42 Å². The van der Waals surface area contributed by atoms with Crippen molar-refractivity contribution in [2.75, 3.05) is 0 Å². The van der Waals surface area contributed by atoms with Crippen LogP contribution in [0, 0.1) is 11.8 Å². The summed E-state index contributed by atoms with van der Waals surface area (Å²) in [4.78, 5) is 24.3. The maximum Gasteiger partial charge on any atom is 0.306 e. The number of carbonyl (C=O) groups is 2. The number of esters is 1. The Morgan fingerprint density at radius 3 is 2.78 bits per heavy atom. The molecule has 174 valence electrons. The van der Waals surface area contributed by atoms with Crippen molar-refractivity contribution in [3.63, 3.8) is 0 Å². The zero-order valence-electron chi connectivity index (χ0n) is 19.6. The molecule has 2 fully saturated rings. The third-order valence-corrected chi connectivity index (χ3v) is 8.10. The van der Waals surface area contributed by atoms with Gasteiger partial charge in [0.1, 0.15) is 11.7 Å². The summed E-state index contributed by atoms with van der Waals surface area (Å²) in [6.45, 7) is 7.20. The molecule has 0 radical (unpaired) electrons. The molecule has 5 rings (SSSR count). The van der Waals surface area contributed by atoms with Gasteiger partial charge >= 0.3 is 5.97 Å². The Morgan fingerprint density at radius 1 is 1.28 bits per heavy atom. The zero-order chi connectivity index (χ0) is 22.8. The van der Waals surface area contributed by atoms with E-state index in [1.165, 1.54) is 17.5 Å². The summed E-state index contributed by atoms with van der Waals surface area (Å²) in [6.07, 6.45) is 7.10. The van der Waals surface area contributed by atoms with Crippen molar-refractivity contribution in [3.05, 3.63) is 22.8 Å². The first kappa shape index (κ1) is 21.6. The summed E-state index contributed by atoms with van der Waals surface area (Å²) < 4.78 is 12.0. The van der Waals surface area contributed by atoms with Crippen LogP contribution >= 0.6 is 0 Å². The van der Waals surface area contributed by atoms with Gasteiger partial charge in [-0.2, -0.15) is 0 Å². The molecule has 1 aromatic rings. The molecule has 3 aliphatic carbocycles. The lowest BCUT2D eigenvalue weighted by molar-refractivity contribution is -0.154. The van der Waals surface area contributed by atoms with Gasteiger partial charge in [0.2, 0.25) is 5.91 Å². The molecule has 1 heterocycles. The highest BCUT2D eigenvalue weighted by Crippen LogP contribution is 2.66. The zero-order valence-corrected chi connectivity index (χ0v) is 19.6. The first-order valence-electron chi connectivity index (χ1n) is 12.1. The summed E-state index contributed by atoms with van der Waals surface area (Å²) in [6, 6.07) is 1.76. The molecule has 2 saturated carbocycles. The third kappa shape index (κ3) is 3.29. The first-order chi connectivity index (χ1) is 15.1. The summed E-state index contributed by atoms with van der Waals surface area (Å²) >= 11 is 0. The van der Waals surface area contributed by atoms with E-state index in [2.05, 4.69) is 5.32 Å². The normalized spacial score (nSPS) is 32.0. The van der Waals surface area contributed by atoms with Crippen molar-refractivity contribution in [2.45, 2.75) is 102 Å². The van der Waals surface area contributed by atoms with Gasteiger partial charge in [0.05, 0.1) is 6.04 Å². The van der Waals surface area contributed by atoms with Crippen LogP contribution in [0.2, 0.25) is 0 Å². The van der Waals surface area contributed by atoms with Crippen LogP contribution in [0.4, 0.5) is 0 Å². The smallest absolute Gasteiger partial charge is 0.306 e. The second kappa shape index (κ2) is 7.39. The van der Waals surface area contributed by atoms with Gasteiger partial charge in [-0.05, 0) is 88.3 Å². The number of aryl methyl sites for hydroxylation is 1. The van der Waals surface area contributed by atoms with Crippen LogP contribution in [0.5, 0.6) is 11.5 Å². The fraction of sp³-hybridized carbons (Fsp3) is 0.692. The van der Waals surface area contributed by atoms with E-state index < -0.39 is 5.60 Å². The summed E-state index contributed by atoms with van der Waals surface area (Å²) in [5.74, 6) is 1.66. The number of hydrogen-bond donors (Lipinski definition) is 2. The lowest BCUT2D eigenvalue weighted by atomic mass is 9.47. The molecule has 0 saturated heterocycles. The van der Waals surface area contributed by atoms with Gasteiger partial charge in [0, 0.05) is 24.3 Å². The molecule has 1 amide bonds. The van der Waals surface area contributed by atoms with Crippen LogP contribution in [0.15, 0.2) is 6.07 Å². The van der Waals surface area contributed by atoms with E-state index in [0.29, 0.717) is 30.4 Å². The van der Waals surface area contributed by atoms with Crippen LogP contribution in [-0.2, 0) is 32.6 Å². The topological polar surface area (TPSA) is 84.9 Å². The van der Waals surface area contributed by atoms with Crippen LogP contribution in [0.1, 0.15) is 82.9 Å². The number of ether oxygens (including phenoxy) is 2. The molecular weight excluding hydrogens is 406 g/mol. The van der Waals surface area contributed by atoms with Gasteiger partial charge in [-0.15, -0.1) is 0 Å². The van der Waals surface area contributed by atoms with E-state index in [0.717, 1.165) is 37.7 Å². The Hall–Kier alpha value is -2.24. The van der Waals surface area contributed by atoms with E-state index >= 15 is 0 Å². The number of carbonyl (C=O) groups excluding carboxylic acids is 2. The molecule has 1 aromatic carbocycles. The second-order valence-corrected chi connectivity index (χ2v) is 11.3. The molecule has 6 heteroatoms. The first-order valence-corrected chi connectivity index (χ1v) is 12.1. The van der Waals surface area contributed by atoms with Crippen molar-refractivity contribution in [1.29, 1.82) is 0 Å². The Kier molecular flexibility index (Phi) is 4.99. The Balaban J connectivity index is 1.54. The average Bonchev–Trinajstić information content (AvgIpc) is 3.02. The predicted molar refractivity (Wildman–Crippen MR) is 120 cm³/mol. The van der Waals surface area contributed by atoms with Crippen molar-refractivity contribution in [2.24, 2.45) is 11.8 Å². The average molecular weight is 442 g/mol. The second-order valence-electron chi connectivity index (χ2n) is 11.3. The molecule has 2 bridgehead atoms. The summed E-state index contributed by atoms with van der Waals surface area (Å²) in [7, 11) is 0. The van der Waals surface area contributed by atoms with Gasteiger partial charge in [-0.25, -0.2) is 0 Å². The number of nitrogens with one attached hydrogen (secondary N) is 1. The van der Waals surface area contributed by atoms with Gasteiger partial charge in [-0.3, -0.25) is 9.59 Å². The summed E-state index contributed by atoms with van der Waals surface area (Å²) in [5, 5.41) is 14.1. The highest BCUT2D eigenvalue weighted by molar-refractivity contribution is 5.74. The minimum atomic E-state index is -0.503. The van der Waals surface area contributed by atoms with Crippen molar-refractivity contribution in [1.82, 2.24) is 5.32 Å².